The largest absolute Gasteiger partial charge is 0.462 e. The Morgan fingerprint density at radius 1 is 0.256 bits per heavy atom. The Kier molecular flexibility index (Phi) is 66.2. The van der Waals surface area contributed by atoms with Crippen molar-refractivity contribution in [2.24, 2.45) is 0 Å². The summed E-state index contributed by atoms with van der Waals surface area (Å²) in [4.78, 5) is 38.4. The van der Waals surface area contributed by atoms with Gasteiger partial charge in [-0.2, -0.15) is 0 Å². The highest BCUT2D eigenvalue weighted by atomic mass is 16.6. The molecule has 0 N–H and O–H groups in total. The Balaban J connectivity index is 4.23. The number of ether oxygens (including phenoxy) is 3. The van der Waals surface area contributed by atoms with Crippen molar-refractivity contribution < 1.29 is 28.6 Å². The minimum absolute atomic E-state index is 0.0821. The van der Waals surface area contributed by atoms with Crippen LogP contribution in [0.3, 0.4) is 0 Å². The van der Waals surface area contributed by atoms with Gasteiger partial charge in [0.15, 0.2) is 6.10 Å². The van der Waals surface area contributed by atoms with E-state index in [1.165, 1.54) is 161 Å². The van der Waals surface area contributed by atoms with Gasteiger partial charge in [0.1, 0.15) is 13.2 Å². The molecule has 0 rings (SSSR count). The van der Waals surface area contributed by atoms with Crippen molar-refractivity contribution in [3.05, 3.63) is 109 Å². The van der Waals surface area contributed by atoms with Crippen molar-refractivity contribution >= 4 is 17.9 Å². The fourth-order valence-corrected chi connectivity index (χ4v) is 9.88. The van der Waals surface area contributed by atoms with Crippen LogP contribution in [-0.4, -0.2) is 37.2 Å². The van der Waals surface area contributed by atoms with Crippen LogP contribution in [-0.2, 0) is 28.6 Å². The van der Waals surface area contributed by atoms with Gasteiger partial charge in [0, 0.05) is 19.3 Å². The van der Waals surface area contributed by atoms with E-state index in [1.807, 2.05) is 0 Å². The van der Waals surface area contributed by atoms with Crippen molar-refractivity contribution in [3.8, 4) is 0 Å². The lowest BCUT2D eigenvalue weighted by molar-refractivity contribution is -0.167. The summed E-state index contributed by atoms with van der Waals surface area (Å²) in [5, 5.41) is 0. The van der Waals surface area contributed by atoms with E-state index in [9.17, 15) is 14.4 Å². The Hall–Kier alpha value is -3.93. The molecule has 0 amide bonds. The van der Waals surface area contributed by atoms with E-state index in [0.29, 0.717) is 19.3 Å². The van der Waals surface area contributed by atoms with Gasteiger partial charge in [-0.1, -0.05) is 323 Å². The highest BCUT2D eigenvalue weighted by Gasteiger charge is 2.19. The number of hydrogen-bond acceptors (Lipinski definition) is 6. The maximum atomic E-state index is 12.9. The van der Waals surface area contributed by atoms with Gasteiger partial charge in [-0.3, -0.25) is 14.4 Å². The van der Waals surface area contributed by atoms with Crippen LogP contribution in [0.2, 0.25) is 0 Å². The maximum absolute atomic E-state index is 12.9. The van der Waals surface area contributed by atoms with Crippen LogP contribution < -0.4 is 0 Å². The van der Waals surface area contributed by atoms with Crippen molar-refractivity contribution in [2.45, 2.75) is 341 Å². The Morgan fingerprint density at radius 2 is 0.476 bits per heavy atom. The van der Waals surface area contributed by atoms with E-state index < -0.39 is 6.10 Å². The summed E-state index contributed by atoms with van der Waals surface area (Å²) in [5.74, 6) is -0.887. The lowest BCUT2D eigenvalue weighted by atomic mass is 10.0. The lowest BCUT2D eigenvalue weighted by Gasteiger charge is -2.18. The van der Waals surface area contributed by atoms with Gasteiger partial charge < -0.3 is 14.2 Å². The zero-order valence-electron chi connectivity index (χ0n) is 54.0. The summed E-state index contributed by atoms with van der Waals surface area (Å²) in [7, 11) is 0. The lowest BCUT2D eigenvalue weighted by Crippen LogP contribution is -2.30. The monoisotopic (exact) mass is 1140 g/mol. The number of carbonyl (C=O) groups is 3. The van der Waals surface area contributed by atoms with Gasteiger partial charge in [0.2, 0.25) is 0 Å². The van der Waals surface area contributed by atoms with Crippen LogP contribution in [0.4, 0.5) is 0 Å². The minimum atomic E-state index is -0.788. The van der Waals surface area contributed by atoms with Crippen LogP contribution in [0.5, 0.6) is 0 Å². The van der Waals surface area contributed by atoms with Crippen LogP contribution in [0.25, 0.3) is 0 Å². The molecule has 0 saturated carbocycles. The van der Waals surface area contributed by atoms with E-state index >= 15 is 0 Å². The first-order valence-electron chi connectivity index (χ1n) is 34.9. The molecule has 0 bridgehead atoms. The zero-order chi connectivity index (χ0) is 59.2. The fraction of sp³-hybridized carbons (Fsp3) is 0.724. The first-order valence-corrected chi connectivity index (χ1v) is 34.9. The van der Waals surface area contributed by atoms with Crippen LogP contribution in [0.1, 0.15) is 335 Å². The van der Waals surface area contributed by atoms with E-state index in [4.69, 9.17) is 14.2 Å². The summed E-state index contributed by atoms with van der Waals surface area (Å²) in [6, 6.07) is 0. The minimum Gasteiger partial charge on any atom is -0.462 e. The molecule has 0 aromatic rings. The van der Waals surface area contributed by atoms with Crippen LogP contribution >= 0.6 is 0 Å². The predicted molar refractivity (Wildman–Crippen MR) is 357 cm³/mol. The summed E-state index contributed by atoms with van der Waals surface area (Å²) in [5.41, 5.74) is 0. The van der Waals surface area contributed by atoms with E-state index in [2.05, 4.69) is 130 Å². The van der Waals surface area contributed by atoms with Crippen molar-refractivity contribution in [3.63, 3.8) is 0 Å². The molecule has 0 aliphatic carbocycles. The molecule has 0 aliphatic rings. The van der Waals surface area contributed by atoms with E-state index in [1.54, 1.807) is 0 Å². The normalized spacial score (nSPS) is 12.8. The molecule has 0 aromatic heterocycles. The van der Waals surface area contributed by atoms with Gasteiger partial charge in [0.05, 0.1) is 0 Å². The van der Waals surface area contributed by atoms with Gasteiger partial charge >= 0.3 is 17.9 Å². The quantitative estimate of drug-likeness (QED) is 0.0261. The van der Waals surface area contributed by atoms with Crippen LogP contribution in [0, 0.1) is 0 Å². The van der Waals surface area contributed by atoms with Crippen LogP contribution in [0.15, 0.2) is 109 Å². The third-order valence-corrected chi connectivity index (χ3v) is 15.0. The van der Waals surface area contributed by atoms with Gasteiger partial charge in [0.25, 0.3) is 0 Å². The first-order chi connectivity index (χ1) is 40.5. The predicted octanol–water partition coefficient (Wildman–Crippen LogP) is 24.2. The summed E-state index contributed by atoms with van der Waals surface area (Å²) in [6.45, 7) is 6.43. The molecule has 470 valence electrons. The highest BCUT2D eigenvalue weighted by molar-refractivity contribution is 5.71. The molecule has 1 unspecified atom stereocenters. The summed E-state index contributed by atoms with van der Waals surface area (Å²) in [6.07, 6.45) is 95.5. The Bertz CT molecular complexity index is 1640. The SMILES string of the molecule is CC/C=C\C/C=C\C/C=C\C/C=C\C/C=C\CCCCCCCC(=O)OC(COC(=O)CCCCCCCCCCCCCC)COC(=O)CCCCCCCCCCCCCCCCCCCC/C=C\C/C=C\C/C=C\C/C=C\CC. The summed E-state index contributed by atoms with van der Waals surface area (Å²) >= 11 is 0. The molecule has 1 atom stereocenters. The molecule has 0 radical (unpaired) electrons. The third kappa shape index (κ3) is 66.9. The van der Waals surface area contributed by atoms with E-state index in [0.717, 1.165) is 135 Å². The second-order valence-corrected chi connectivity index (χ2v) is 23.0. The molecule has 0 heterocycles. The number of hydrogen-bond donors (Lipinski definition) is 0. The molecule has 6 heteroatoms. The summed E-state index contributed by atoms with van der Waals surface area (Å²) < 4.78 is 16.9. The van der Waals surface area contributed by atoms with Gasteiger partial charge in [-0.05, 0) is 103 Å². The zero-order valence-corrected chi connectivity index (χ0v) is 54.0. The Morgan fingerprint density at radius 3 is 0.744 bits per heavy atom. The topological polar surface area (TPSA) is 78.9 Å². The fourth-order valence-electron chi connectivity index (χ4n) is 9.88. The molecule has 0 fully saturated rings. The first kappa shape index (κ1) is 78.1. The van der Waals surface area contributed by atoms with Gasteiger partial charge in [-0.25, -0.2) is 0 Å². The molecule has 0 spiro atoms. The number of rotatable bonds is 63. The molecule has 0 aromatic carbocycles. The molecule has 82 heavy (non-hydrogen) atoms. The second-order valence-electron chi connectivity index (χ2n) is 23.0. The third-order valence-electron chi connectivity index (χ3n) is 15.0. The average molecular weight is 1140 g/mol. The molecule has 0 saturated heterocycles. The second kappa shape index (κ2) is 69.6. The standard InChI is InChI=1S/C76H130O6/c1-4-7-10-13-16-19-22-25-27-29-31-33-34-35-36-37-38-39-40-41-42-44-45-47-49-51-54-57-60-63-66-69-75(78)81-72-73(71-80-74(77)68-65-62-59-56-53-24-21-18-15-12-9-6-3)82-76(79)70-67-64-61-58-55-52-50-48-46-43-32-30-28-26-23-20-17-14-11-8-5-2/h7-8,10-11,16-17,19-20,25-28,31-33,43,48,50,73H,4-6,9,12-15,18,21-24,29-30,34-42,44-47,49,51-72H2,1-3H3/b10-7-,11-8-,19-16-,20-17-,27-25-,28-26-,33-31-,43-32-,50-48-. The van der Waals surface area contributed by atoms with Crippen molar-refractivity contribution in [1.82, 2.24) is 0 Å². The Labute approximate surface area is 508 Å². The molecule has 0 aliphatic heterocycles. The molecular weight excluding hydrogens is 1010 g/mol. The average Bonchev–Trinajstić information content (AvgIpc) is 3.47. The van der Waals surface area contributed by atoms with E-state index in [-0.39, 0.29) is 31.1 Å². The van der Waals surface area contributed by atoms with Crippen molar-refractivity contribution in [1.29, 1.82) is 0 Å². The van der Waals surface area contributed by atoms with Gasteiger partial charge in [-0.15, -0.1) is 0 Å². The number of carbonyl (C=O) groups excluding carboxylic acids is 3. The molecular formula is C76H130O6. The van der Waals surface area contributed by atoms with Crippen molar-refractivity contribution in [2.75, 3.05) is 13.2 Å². The number of esters is 3. The number of allylic oxidation sites excluding steroid dienone is 18. The smallest absolute Gasteiger partial charge is 0.306 e. The molecule has 6 nitrogen and oxygen atoms in total. The highest BCUT2D eigenvalue weighted by Crippen LogP contribution is 2.17. The maximum Gasteiger partial charge on any atom is 0.306 e. The number of unbranched alkanes of at least 4 members (excludes halogenated alkanes) is 34.